The summed E-state index contributed by atoms with van der Waals surface area (Å²) in [6, 6.07) is 30.2. The van der Waals surface area contributed by atoms with Gasteiger partial charge in [-0.3, -0.25) is 14.6 Å². The van der Waals surface area contributed by atoms with E-state index >= 15 is 0 Å². The average Bonchev–Trinajstić information content (AvgIpc) is 2.94. The molecule has 0 aliphatic rings. The molecule has 180 valence electrons. The predicted molar refractivity (Wildman–Crippen MR) is 140 cm³/mol. The van der Waals surface area contributed by atoms with E-state index in [0.717, 1.165) is 16.7 Å². The molecule has 1 aromatic heterocycles. The second-order valence-electron chi connectivity index (χ2n) is 8.11. The van der Waals surface area contributed by atoms with Crippen LogP contribution in [-0.2, 0) is 29.3 Å². The molecule has 0 saturated heterocycles. The SMILES string of the molecule is O=C(NCc1ccccc1)C(=Cc1ccc(OCc2ccncc2)cc1)C(=O)NCc1ccccc1. The van der Waals surface area contributed by atoms with Gasteiger partial charge in [0.15, 0.2) is 0 Å². The van der Waals surface area contributed by atoms with Gasteiger partial charge >= 0.3 is 0 Å². The molecule has 0 spiro atoms. The molecule has 0 aliphatic carbocycles. The van der Waals surface area contributed by atoms with E-state index in [4.69, 9.17) is 4.74 Å². The Morgan fingerprint density at radius 1 is 0.667 bits per heavy atom. The van der Waals surface area contributed by atoms with Gasteiger partial charge in [0.25, 0.3) is 11.8 Å². The number of hydrogen-bond donors (Lipinski definition) is 2. The van der Waals surface area contributed by atoms with Gasteiger partial charge in [-0.1, -0.05) is 72.8 Å². The maximum atomic E-state index is 13.0. The number of carbonyl (C=O) groups is 2. The number of aromatic nitrogens is 1. The third kappa shape index (κ3) is 7.40. The van der Waals surface area contributed by atoms with Crippen molar-refractivity contribution in [2.24, 2.45) is 0 Å². The van der Waals surface area contributed by atoms with Crippen molar-refractivity contribution in [2.45, 2.75) is 19.7 Å². The molecule has 3 aromatic carbocycles. The molecule has 4 aromatic rings. The Balaban J connectivity index is 1.46. The Bertz CT molecular complexity index is 1230. The lowest BCUT2D eigenvalue weighted by Gasteiger charge is -2.11. The van der Waals surface area contributed by atoms with Crippen LogP contribution in [0, 0.1) is 0 Å². The molecule has 4 rings (SSSR count). The standard InChI is InChI=1S/C30H27N3O3/c34-29(32-20-24-7-3-1-4-8-24)28(30(35)33-21-25-9-5-2-6-10-25)19-23-11-13-27(14-12-23)36-22-26-15-17-31-18-16-26/h1-19H,20-22H2,(H,32,34)(H,33,35). The summed E-state index contributed by atoms with van der Waals surface area (Å²) in [5.74, 6) is -0.197. The number of ether oxygens (including phenoxy) is 1. The number of benzene rings is 3. The summed E-state index contributed by atoms with van der Waals surface area (Å²) in [7, 11) is 0. The summed E-state index contributed by atoms with van der Waals surface area (Å²) in [6.45, 7) is 1.07. The van der Waals surface area contributed by atoms with Crippen molar-refractivity contribution in [1.29, 1.82) is 0 Å². The minimum absolute atomic E-state index is 0.0346. The van der Waals surface area contributed by atoms with Crippen molar-refractivity contribution in [3.8, 4) is 5.75 Å². The Morgan fingerprint density at radius 2 is 1.19 bits per heavy atom. The monoisotopic (exact) mass is 477 g/mol. The van der Waals surface area contributed by atoms with Gasteiger partial charge in [-0.15, -0.1) is 0 Å². The first-order chi connectivity index (χ1) is 17.7. The second-order valence-corrected chi connectivity index (χ2v) is 8.11. The van der Waals surface area contributed by atoms with Gasteiger partial charge < -0.3 is 15.4 Å². The number of carbonyl (C=O) groups excluding carboxylic acids is 2. The van der Waals surface area contributed by atoms with Crippen LogP contribution in [0.1, 0.15) is 22.3 Å². The number of rotatable bonds is 10. The highest BCUT2D eigenvalue weighted by atomic mass is 16.5. The van der Waals surface area contributed by atoms with E-state index in [0.29, 0.717) is 31.0 Å². The summed E-state index contributed by atoms with van der Waals surface area (Å²) in [5.41, 5.74) is 3.66. The molecule has 0 saturated carbocycles. The van der Waals surface area contributed by atoms with Crippen molar-refractivity contribution in [3.05, 3.63) is 137 Å². The van der Waals surface area contributed by atoms with Gasteiger partial charge in [0.1, 0.15) is 17.9 Å². The first-order valence-electron chi connectivity index (χ1n) is 11.6. The van der Waals surface area contributed by atoms with Gasteiger partial charge in [-0.25, -0.2) is 0 Å². The molecule has 2 amide bonds. The van der Waals surface area contributed by atoms with Crippen LogP contribution >= 0.6 is 0 Å². The maximum Gasteiger partial charge on any atom is 0.257 e. The van der Waals surface area contributed by atoms with Crippen LogP contribution in [0.15, 0.2) is 115 Å². The minimum Gasteiger partial charge on any atom is -0.489 e. The summed E-state index contributed by atoms with van der Waals surface area (Å²) >= 11 is 0. The zero-order valence-electron chi connectivity index (χ0n) is 19.8. The van der Waals surface area contributed by atoms with Gasteiger partial charge in [-0.2, -0.15) is 0 Å². The van der Waals surface area contributed by atoms with Crippen LogP contribution in [0.25, 0.3) is 6.08 Å². The molecule has 0 bridgehead atoms. The Labute approximate surface area is 210 Å². The van der Waals surface area contributed by atoms with Crippen LogP contribution in [0.3, 0.4) is 0 Å². The molecular formula is C30H27N3O3. The second kappa shape index (κ2) is 12.7. The number of amides is 2. The van der Waals surface area contributed by atoms with E-state index in [1.54, 1.807) is 18.5 Å². The molecule has 6 heteroatoms. The van der Waals surface area contributed by atoms with Crippen molar-refractivity contribution >= 4 is 17.9 Å². The van der Waals surface area contributed by atoms with Crippen molar-refractivity contribution in [1.82, 2.24) is 15.6 Å². The molecule has 0 unspecified atom stereocenters. The van der Waals surface area contributed by atoms with Crippen LogP contribution in [-0.4, -0.2) is 16.8 Å². The third-order valence-corrected chi connectivity index (χ3v) is 5.43. The smallest absolute Gasteiger partial charge is 0.257 e. The zero-order valence-corrected chi connectivity index (χ0v) is 19.8. The van der Waals surface area contributed by atoms with Gasteiger partial charge in [-0.05, 0) is 52.6 Å². The van der Waals surface area contributed by atoms with Gasteiger partial charge in [0, 0.05) is 25.5 Å². The van der Waals surface area contributed by atoms with E-state index in [1.807, 2.05) is 97.1 Å². The largest absolute Gasteiger partial charge is 0.489 e. The Kier molecular flexibility index (Phi) is 8.59. The van der Waals surface area contributed by atoms with Crippen molar-refractivity contribution < 1.29 is 14.3 Å². The Hall–Kier alpha value is -4.71. The zero-order chi connectivity index (χ0) is 25.0. The van der Waals surface area contributed by atoms with Crippen LogP contribution in [0.5, 0.6) is 5.75 Å². The lowest BCUT2D eigenvalue weighted by molar-refractivity contribution is -0.123. The molecule has 0 fully saturated rings. The predicted octanol–water partition coefficient (Wildman–Crippen LogP) is 4.68. The van der Waals surface area contributed by atoms with Crippen molar-refractivity contribution in [2.75, 3.05) is 0 Å². The van der Waals surface area contributed by atoms with E-state index < -0.39 is 11.8 Å². The fourth-order valence-corrected chi connectivity index (χ4v) is 3.45. The van der Waals surface area contributed by atoms with Crippen LogP contribution < -0.4 is 15.4 Å². The molecule has 6 nitrogen and oxygen atoms in total. The first kappa shape index (κ1) is 24.4. The average molecular weight is 478 g/mol. The number of nitrogens with one attached hydrogen (secondary N) is 2. The number of nitrogens with zero attached hydrogens (tertiary/aromatic N) is 1. The molecule has 0 radical (unpaired) electrons. The van der Waals surface area contributed by atoms with E-state index in [2.05, 4.69) is 15.6 Å². The fourth-order valence-electron chi connectivity index (χ4n) is 3.45. The normalized spacial score (nSPS) is 10.2. The highest BCUT2D eigenvalue weighted by Crippen LogP contribution is 2.17. The first-order valence-corrected chi connectivity index (χ1v) is 11.6. The lowest BCUT2D eigenvalue weighted by Crippen LogP contribution is -2.34. The van der Waals surface area contributed by atoms with Crippen LogP contribution in [0.2, 0.25) is 0 Å². The molecule has 2 N–H and O–H groups in total. The fraction of sp³-hybridized carbons (Fsp3) is 0.100. The van der Waals surface area contributed by atoms with Crippen LogP contribution in [0.4, 0.5) is 0 Å². The molecule has 1 heterocycles. The maximum absolute atomic E-state index is 13.0. The number of pyridine rings is 1. The molecule has 36 heavy (non-hydrogen) atoms. The topological polar surface area (TPSA) is 80.3 Å². The van der Waals surface area contributed by atoms with Gasteiger partial charge in [0.05, 0.1) is 0 Å². The quantitative estimate of drug-likeness (QED) is 0.198. The number of hydrogen-bond acceptors (Lipinski definition) is 4. The van der Waals surface area contributed by atoms with Gasteiger partial charge in [0.2, 0.25) is 0 Å². The summed E-state index contributed by atoms with van der Waals surface area (Å²) in [5, 5.41) is 5.70. The summed E-state index contributed by atoms with van der Waals surface area (Å²) < 4.78 is 5.82. The Morgan fingerprint density at radius 3 is 1.72 bits per heavy atom. The lowest BCUT2D eigenvalue weighted by atomic mass is 10.1. The molecule has 0 atom stereocenters. The highest BCUT2D eigenvalue weighted by Gasteiger charge is 2.18. The summed E-state index contributed by atoms with van der Waals surface area (Å²) in [4.78, 5) is 30.1. The summed E-state index contributed by atoms with van der Waals surface area (Å²) in [6.07, 6.45) is 5.03. The minimum atomic E-state index is -0.442. The van der Waals surface area contributed by atoms with E-state index in [1.165, 1.54) is 0 Å². The molecule has 0 aliphatic heterocycles. The van der Waals surface area contributed by atoms with Crippen molar-refractivity contribution in [3.63, 3.8) is 0 Å². The third-order valence-electron chi connectivity index (χ3n) is 5.43. The highest BCUT2D eigenvalue weighted by molar-refractivity contribution is 6.21. The molecular weight excluding hydrogens is 450 g/mol. The van der Waals surface area contributed by atoms with E-state index in [9.17, 15) is 9.59 Å². The van der Waals surface area contributed by atoms with E-state index in [-0.39, 0.29) is 5.57 Å².